The molecule has 5 nitrogen and oxygen atoms in total. The van der Waals surface area contributed by atoms with Gasteiger partial charge in [0, 0.05) is 11.4 Å². The van der Waals surface area contributed by atoms with Crippen LogP contribution in [-0.4, -0.2) is 38.3 Å². The lowest BCUT2D eigenvalue weighted by Crippen LogP contribution is -3.16. The van der Waals surface area contributed by atoms with Gasteiger partial charge in [-0.2, -0.15) is 0 Å². The number of anilines is 2. The zero-order valence-electron chi connectivity index (χ0n) is 17.3. The lowest BCUT2D eigenvalue weighted by Gasteiger charge is -2.39. The molecule has 0 bridgehead atoms. The Morgan fingerprint density at radius 2 is 1.63 bits per heavy atom. The summed E-state index contributed by atoms with van der Waals surface area (Å²) in [5.41, 5.74) is 2.09. The molecule has 2 atom stereocenters. The van der Waals surface area contributed by atoms with Gasteiger partial charge in [0.15, 0.2) is 0 Å². The van der Waals surface area contributed by atoms with E-state index in [1.807, 2.05) is 30.3 Å². The third kappa shape index (κ3) is 5.01. The van der Waals surface area contributed by atoms with Gasteiger partial charge in [0.05, 0.1) is 37.1 Å². The molecule has 0 unspecified atom stereocenters. The maximum atomic E-state index is 12.6. The van der Waals surface area contributed by atoms with Gasteiger partial charge < -0.3 is 20.4 Å². The van der Waals surface area contributed by atoms with Crippen LogP contribution in [0.3, 0.4) is 0 Å². The Bertz CT molecular complexity index is 909. The minimum atomic E-state index is -0.155. The van der Waals surface area contributed by atoms with Gasteiger partial charge in [-0.05, 0) is 42.6 Å². The predicted molar refractivity (Wildman–Crippen MR) is 124 cm³/mol. The number of hydrogen-bond acceptors (Lipinski definition) is 3. The molecule has 1 aromatic heterocycles. The maximum Gasteiger partial charge on any atom is 0.319 e. The molecule has 2 amide bonds. The first-order valence-corrected chi connectivity index (χ1v) is 11.4. The number of para-hydroxylation sites is 2. The first-order valence-electron chi connectivity index (χ1n) is 10.5. The van der Waals surface area contributed by atoms with E-state index in [2.05, 4.69) is 70.3 Å². The van der Waals surface area contributed by atoms with Gasteiger partial charge in [-0.1, -0.05) is 42.5 Å². The lowest BCUT2D eigenvalue weighted by atomic mass is 10.0. The summed E-state index contributed by atoms with van der Waals surface area (Å²) in [6.45, 7) is 6.24. The van der Waals surface area contributed by atoms with Crippen LogP contribution in [0.4, 0.5) is 16.2 Å². The smallest absolute Gasteiger partial charge is 0.319 e. The monoisotopic (exact) mass is 421 g/mol. The summed E-state index contributed by atoms with van der Waals surface area (Å²) in [6.07, 6.45) is 0. The van der Waals surface area contributed by atoms with Crippen LogP contribution in [0.5, 0.6) is 0 Å². The molecule has 1 saturated heterocycles. The molecule has 6 heteroatoms. The van der Waals surface area contributed by atoms with Gasteiger partial charge in [0.2, 0.25) is 0 Å². The van der Waals surface area contributed by atoms with Crippen LogP contribution in [0.15, 0.2) is 78.2 Å². The summed E-state index contributed by atoms with van der Waals surface area (Å²) in [5.74, 6) is 0. The van der Waals surface area contributed by atoms with Crippen LogP contribution in [0.2, 0.25) is 0 Å². The molecule has 0 spiro atoms. The molecule has 1 fully saturated rings. The Balaban J connectivity index is 1.41. The normalized spacial score (nSPS) is 16.6. The quantitative estimate of drug-likeness (QED) is 0.571. The highest BCUT2D eigenvalue weighted by Crippen LogP contribution is 2.21. The van der Waals surface area contributed by atoms with Crippen LogP contribution >= 0.6 is 11.3 Å². The fourth-order valence-corrected chi connectivity index (χ4v) is 5.24. The number of nitrogens with one attached hydrogen (secondary N) is 3. The molecule has 3 aromatic rings. The molecule has 0 aliphatic carbocycles. The van der Waals surface area contributed by atoms with Crippen LogP contribution < -0.4 is 20.4 Å². The van der Waals surface area contributed by atoms with Crippen molar-refractivity contribution in [1.29, 1.82) is 0 Å². The second kappa shape index (κ2) is 9.78. The van der Waals surface area contributed by atoms with E-state index in [9.17, 15) is 4.79 Å². The summed E-state index contributed by atoms with van der Waals surface area (Å²) in [5, 5.41) is 8.24. The summed E-state index contributed by atoms with van der Waals surface area (Å²) in [6, 6.07) is 24.6. The molecule has 156 valence electrons. The molecule has 0 saturated carbocycles. The van der Waals surface area contributed by atoms with E-state index >= 15 is 0 Å². The first kappa shape index (κ1) is 20.4. The third-order valence-corrected chi connectivity index (χ3v) is 6.66. The van der Waals surface area contributed by atoms with E-state index in [0.29, 0.717) is 0 Å². The fourth-order valence-electron chi connectivity index (χ4n) is 4.25. The number of amides is 2. The second-order valence-electron chi connectivity index (χ2n) is 7.73. The van der Waals surface area contributed by atoms with Gasteiger partial charge in [0.25, 0.3) is 0 Å². The van der Waals surface area contributed by atoms with E-state index in [-0.39, 0.29) is 18.1 Å². The summed E-state index contributed by atoms with van der Waals surface area (Å²) in [4.78, 5) is 17.9. The number of piperazine rings is 1. The number of benzene rings is 2. The Labute approximate surface area is 182 Å². The van der Waals surface area contributed by atoms with Crippen molar-refractivity contribution in [3.05, 3.63) is 83.1 Å². The number of hydrogen-bond donors (Lipinski definition) is 3. The fraction of sp³-hybridized carbons (Fsp3) is 0.292. The Morgan fingerprint density at radius 3 is 2.27 bits per heavy atom. The molecule has 1 aliphatic heterocycles. The van der Waals surface area contributed by atoms with Crippen molar-refractivity contribution < 1.29 is 9.69 Å². The molecule has 2 heterocycles. The number of rotatable bonds is 6. The van der Waals surface area contributed by atoms with Crippen LogP contribution in [-0.2, 0) is 0 Å². The first-order chi connectivity index (χ1) is 14.7. The topological polar surface area (TPSA) is 48.8 Å². The number of nitrogens with zero attached hydrogens (tertiary/aromatic N) is 1. The van der Waals surface area contributed by atoms with Crippen molar-refractivity contribution >= 4 is 28.7 Å². The zero-order chi connectivity index (χ0) is 20.8. The third-order valence-electron chi connectivity index (χ3n) is 5.71. The highest BCUT2D eigenvalue weighted by atomic mass is 32.1. The molecule has 2 aromatic carbocycles. The Kier molecular flexibility index (Phi) is 6.67. The standard InChI is InChI=1S/C24H28N4OS/c1-19(25-24(29)26-20-9-4-2-5-10-20)23(22-13-8-18-30-22)28-16-14-27(15-17-28)21-11-6-3-7-12-21/h2-13,18-19,23H,14-17H2,1H3,(H2,25,26,29)/p+1/t19-,23+/m0/s1. The van der Waals surface area contributed by atoms with E-state index in [1.54, 1.807) is 11.3 Å². The SMILES string of the molecule is C[C@H](NC(=O)Nc1ccccc1)[C@H](c1cccs1)[NH+]1CCN(c2ccccc2)CC1. The van der Waals surface area contributed by atoms with Gasteiger partial charge in [-0.25, -0.2) is 4.79 Å². The van der Waals surface area contributed by atoms with Gasteiger partial charge >= 0.3 is 6.03 Å². The number of urea groups is 1. The van der Waals surface area contributed by atoms with Gasteiger partial charge in [0.1, 0.15) is 6.04 Å². The minimum absolute atomic E-state index is 0.0191. The molecule has 0 radical (unpaired) electrons. The van der Waals surface area contributed by atoms with Crippen molar-refractivity contribution in [2.24, 2.45) is 0 Å². The number of quaternary nitrogens is 1. The average molecular weight is 422 g/mol. The summed E-state index contributed by atoms with van der Waals surface area (Å²) < 4.78 is 0. The minimum Gasteiger partial charge on any atom is -0.360 e. The van der Waals surface area contributed by atoms with Crippen molar-refractivity contribution in [3.8, 4) is 0 Å². The maximum absolute atomic E-state index is 12.6. The Hall–Kier alpha value is -2.83. The lowest BCUT2D eigenvalue weighted by molar-refractivity contribution is -0.933. The number of thiophene rings is 1. The zero-order valence-corrected chi connectivity index (χ0v) is 18.1. The van der Waals surface area contributed by atoms with Crippen LogP contribution in [0, 0.1) is 0 Å². The van der Waals surface area contributed by atoms with Crippen molar-refractivity contribution in [2.45, 2.75) is 19.0 Å². The van der Waals surface area contributed by atoms with Gasteiger partial charge in [-0.3, -0.25) is 0 Å². The van der Waals surface area contributed by atoms with Crippen molar-refractivity contribution in [1.82, 2.24) is 5.32 Å². The summed E-state index contributed by atoms with van der Waals surface area (Å²) >= 11 is 1.78. The van der Waals surface area contributed by atoms with E-state index in [0.717, 1.165) is 31.9 Å². The van der Waals surface area contributed by atoms with E-state index < -0.39 is 0 Å². The van der Waals surface area contributed by atoms with Crippen LogP contribution in [0.25, 0.3) is 0 Å². The highest BCUT2D eigenvalue weighted by Gasteiger charge is 2.34. The molecule has 30 heavy (non-hydrogen) atoms. The Morgan fingerprint density at radius 1 is 0.967 bits per heavy atom. The molecular formula is C24H29N4OS+. The molecule has 3 N–H and O–H groups in total. The second-order valence-corrected chi connectivity index (χ2v) is 8.71. The van der Waals surface area contributed by atoms with Crippen molar-refractivity contribution in [3.63, 3.8) is 0 Å². The van der Waals surface area contributed by atoms with E-state index in [1.165, 1.54) is 15.5 Å². The molecular weight excluding hydrogens is 392 g/mol. The predicted octanol–water partition coefficient (Wildman–Crippen LogP) is 3.40. The molecule has 1 aliphatic rings. The average Bonchev–Trinajstić information content (AvgIpc) is 3.30. The molecule has 4 rings (SSSR count). The highest BCUT2D eigenvalue weighted by molar-refractivity contribution is 7.10. The van der Waals surface area contributed by atoms with Gasteiger partial charge in [-0.15, -0.1) is 11.3 Å². The number of carbonyl (C=O) groups is 1. The number of carbonyl (C=O) groups excluding carboxylic acids is 1. The van der Waals surface area contributed by atoms with Crippen molar-refractivity contribution in [2.75, 3.05) is 36.4 Å². The van der Waals surface area contributed by atoms with E-state index in [4.69, 9.17) is 0 Å². The van der Waals surface area contributed by atoms with Crippen LogP contribution in [0.1, 0.15) is 17.8 Å². The largest absolute Gasteiger partial charge is 0.360 e. The summed E-state index contributed by atoms with van der Waals surface area (Å²) in [7, 11) is 0.